The Morgan fingerprint density at radius 2 is 2.11 bits per heavy atom. The number of carbonyl (C=O) groups excluding carboxylic acids is 1. The Morgan fingerprint density at radius 1 is 1.47 bits per heavy atom. The number of benzene rings is 1. The molecule has 1 atom stereocenters. The molecule has 4 nitrogen and oxygen atoms in total. The molecule has 1 rings (SSSR count). The Balaban J connectivity index is 2.88. The van der Waals surface area contributed by atoms with Gasteiger partial charge in [0.15, 0.2) is 0 Å². The molecule has 0 heterocycles. The molecule has 0 aliphatic rings. The summed E-state index contributed by atoms with van der Waals surface area (Å²) in [5, 5.41) is 11.9. The van der Waals surface area contributed by atoms with E-state index in [1.54, 1.807) is 0 Å². The van der Waals surface area contributed by atoms with Gasteiger partial charge in [-0.25, -0.2) is 4.39 Å². The summed E-state index contributed by atoms with van der Waals surface area (Å²) in [6, 6.07) is 3.33. The Morgan fingerprint density at radius 3 is 2.58 bits per heavy atom. The van der Waals surface area contributed by atoms with Crippen LogP contribution < -0.4 is 11.1 Å². The average Bonchev–Trinajstić information content (AvgIpc) is 2.26. The minimum Gasteiger partial charge on any atom is -0.508 e. The molecule has 1 aromatic rings. The van der Waals surface area contributed by atoms with Crippen molar-refractivity contribution in [3.63, 3.8) is 0 Å². The maximum absolute atomic E-state index is 13.6. The molecule has 0 bridgehead atoms. The van der Waals surface area contributed by atoms with Crippen LogP contribution in [0.1, 0.15) is 37.6 Å². The van der Waals surface area contributed by atoms with E-state index >= 15 is 0 Å². The van der Waals surface area contributed by atoms with Crippen molar-refractivity contribution < 1.29 is 14.3 Å². The monoisotopic (exact) mass is 268 g/mol. The fraction of sp³-hybridized carbons (Fsp3) is 0.500. The maximum atomic E-state index is 13.6. The zero-order valence-electron chi connectivity index (χ0n) is 11.5. The van der Waals surface area contributed by atoms with E-state index in [0.29, 0.717) is 13.0 Å². The van der Waals surface area contributed by atoms with Crippen LogP contribution in [0, 0.1) is 11.2 Å². The quantitative estimate of drug-likeness (QED) is 0.782. The third-order valence-corrected chi connectivity index (χ3v) is 3.00. The second kappa shape index (κ2) is 6.02. The van der Waals surface area contributed by atoms with Crippen molar-refractivity contribution >= 4 is 5.91 Å². The highest BCUT2D eigenvalue weighted by molar-refractivity contribution is 5.94. The van der Waals surface area contributed by atoms with E-state index in [0.717, 1.165) is 6.07 Å². The Labute approximate surface area is 112 Å². The maximum Gasteiger partial charge on any atom is 0.254 e. The first-order valence-electron chi connectivity index (χ1n) is 6.25. The highest BCUT2D eigenvalue weighted by atomic mass is 19.1. The molecule has 19 heavy (non-hydrogen) atoms. The molecule has 0 spiro atoms. The topological polar surface area (TPSA) is 75.3 Å². The van der Waals surface area contributed by atoms with E-state index in [-0.39, 0.29) is 22.8 Å². The van der Waals surface area contributed by atoms with E-state index in [4.69, 9.17) is 10.8 Å². The summed E-state index contributed by atoms with van der Waals surface area (Å²) < 4.78 is 13.6. The molecule has 0 fully saturated rings. The minimum atomic E-state index is -0.738. The summed E-state index contributed by atoms with van der Waals surface area (Å²) in [6.07, 6.45) is 0.620. The number of phenolic OH excluding ortho intramolecular Hbond substituents is 1. The molecular weight excluding hydrogens is 247 g/mol. The van der Waals surface area contributed by atoms with E-state index in [1.807, 2.05) is 20.8 Å². The number of halogens is 1. The van der Waals surface area contributed by atoms with Gasteiger partial charge in [0.05, 0.1) is 5.56 Å². The lowest BCUT2D eigenvalue weighted by molar-refractivity contribution is 0.0894. The smallest absolute Gasteiger partial charge is 0.254 e. The van der Waals surface area contributed by atoms with Crippen molar-refractivity contribution in [3.8, 4) is 5.75 Å². The van der Waals surface area contributed by atoms with Gasteiger partial charge in [-0.2, -0.15) is 0 Å². The van der Waals surface area contributed by atoms with E-state index < -0.39 is 11.7 Å². The first kappa shape index (κ1) is 15.4. The van der Waals surface area contributed by atoms with Crippen molar-refractivity contribution in [3.05, 3.63) is 29.6 Å². The van der Waals surface area contributed by atoms with Crippen molar-refractivity contribution in [1.82, 2.24) is 5.32 Å². The molecule has 0 saturated heterocycles. The summed E-state index contributed by atoms with van der Waals surface area (Å²) >= 11 is 0. The van der Waals surface area contributed by atoms with Gasteiger partial charge in [0.1, 0.15) is 11.6 Å². The van der Waals surface area contributed by atoms with Gasteiger partial charge in [0.25, 0.3) is 5.91 Å². The lowest BCUT2D eigenvalue weighted by atomic mass is 9.84. The molecule has 5 heteroatoms. The molecule has 0 saturated carbocycles. The van der Waals surface area contributed by atoms with Crippen LogP contribution in [0.25, 0.3) is 0 Å². The highest BCUT2D eigenvalue weighted by Crippen LogP contribution is 2.22. The van der Waals surface area contributed by atoms with E-state index in [9.17, 15) is 9.18 Å². The molecular formula is C14H21FN2O2. The van der Waals surface area contributed by atoms with Crippen LogP contribution in [0.4, 0.5) is 4.39 Å². The van der Waals surface area contributed by atoms with Crippen LogP contribution in [0.2, 0.25) is 0 Å². The molecule has 1 amide bonds. The van der Waals surface area contributed by atoms with Gasteiger partial charge < -0.3 is 16.2 Å². The molecule has 0 aromatic heterocycles. The summed E-state index contributed by atoms with van der Waals surface area (Å²) in [5.41, 5.74) is 5.29. The summed E-state index contributed by atoms with van der Waals surface area (Å²) in [7, 11) is 0. The molecule has 0 aliphatic heterocycles. The third-order valence-electron chi connectivity index (χ3n) is 3.00. The van der Waals surface area contributed by atoms with Crippen LogP contribution in [-0.4, -0.2) is 23.6 Å². The van der Waals surface area contributed by atoms with Crippen LogP contribution >= 0.6 is 0 Å². The van der Waals surface area contributed by atoms with Gasteiger partial charge in [-0.1, -0.05) is 20.8 Å². The first-order chi connectivity index (χ1) is 8.75. The number of carbonyl (C=O) groups is 1. The van der Waals surface area contributed by atoms with Gasteiger partial charge in [0.2, 0.25) is 0 Å². The SMILES string of the molecule is CC(C)(C)C(CCN)NC(=O)c1ccc(O)cc1F. The van der Waals surface area contributed by atoms with Crippen LogP contribution in [0.5, 0.6) is 5.75 Å². The number of amides is 1. The standard InChI is InChI=1S/C14H21FN2O2/c1-14(2,3)12(6-7-16)17-13(19)10-5-4-9(18)8-11(10)15/h4-5,8,12,18H,6-7,16H2,1-3H3,(H,17,19). The van der Waals surface area contributed by atoms with E-state index in [2.05, 4.69) is 5.32 Å². The molecule has 1 aromatic carbocycles. The molecule has 0 radical (unpaired) electrons. The molecule has 4 N–H and O–H groups in total. The summed E-state index contributed by atoms with van der Waals surface area (Å²) in [6.45, 7) is 6.41. The van der Waals surface area contributed by atoms with Gasteiger partial charge in [-0.05, 0) is 30.5 Å². The zero-order valence-corrected chi connectivity index (χ0v) is 11.5. The van der Waals surface area contributed by atoms with Gasteiger partial charge in [-0.3, -0.25) is 4.79 Å². The summed E-state index contributed by atoms with van der Waals surface area (Å²) in [4.78, 5) is 12.0. The van der Waals surface area contributed by atoms with Crippen LogP contribution in [0.15, 0.2) is 18.2 Å². The normalized spacial score (nSPS) is 13.1. The second-order valence-corrected chi connectivity index (χ2v) is 5.63. The number of phenols is 1. The van der Waals surface area contributed by atoms with Crippen molar-refractivity contribution in [1.29, 1.82) is 0 Å². The number of rotatable bonds is 4. The van der Waals surface area contributed by atoms with Crippen molar-refractivity contribution in [2.75, 3.05) is 6.54 Å². The Bertz CT molecular complexity index is 455. The molecule has 106 valence electrons. The Kier molecular flexibility index (Phi) is 4.89. The fourth-order valence-corrected chi connectivity index (χ4v) is 1.81. The summed E-state index contributed by atoms with van der Waals surface area (Å²) in [5.74, 6) is -1.44. The van der Waals surface area contributed by atoms with Gasteiger partial charge in [0, 0.05) is 12.1 Å². The molecule has 1 unspecified atom stereocenters. The fourth-order valence-electron chi connectivity index (χ4n) is 1.81. The zero-order chi connectivity index (χ0) is 14.6. The van der Waals surface area contributed by atoms with E-state index in [1.165, 1.54) is 12.1 Å². The number of hydrogen-bond donors (Lipinski definition) is 3. The number of hydrogen-bond acceptors (Lipinski definition) is 3. The third kappa shape index (κ3) is 4.21. The number of nitrogens with two attached hydrogens (primary N) is 1. The van der Waals surface area contributed by atoms with Gasteiger partial charge in [-0.15, -0.1) is 0 Å². The molecule has 0 aliphatic carbocycles. The second-order valence-electron chi connectivity index (χ2n) is 5.63. The average molecular weight is 268 g/mol. The van der Waals surface area contributed by atoms with Crippen molar-refractivity contribution in [2.24, 2.45) is 11.1 Å². The number of aromatic hydroxyl groups is 1. The lowest BCUT2D eigenvalue weighted by Crippen LogP contribution is -2.45. The minimum absolute atomic E-state index is 0.0796. The van der Waals surface area contributed by atoms with Crippen LogP contribution in [-0.2, 0) is 0 Å². The predicted octanol–water partition coefficient (Wildman–Crippen LogP) is 2.02. The highest BCUT2D eigenvalue weighted by Gasteiger charge is 2.26. The van der Waals surface area contributed by atoms with Gasteiger partial charge >= 0.3 is 0 Å². The Hall–Kier alpha value is -1.62. The predicted molar refractivity (Wildman–Crippen MR) is 72.4 cm³/mol. The number of nitrogens with one attached hydrogen (secondary N) is 1. The van der Waals surface area contributed by atoms with Crippen LogP contribution in [0.3, 0.4) is 0 Å². The van der Waals surface area contributed by atoms with Crippen molar-refractivity contribution in [2.45, 2.75) is 33.2 Å². The first-order valence-corrected chi connectivity index (χ1v) is 6.25. The lowest BCUT2D eigenvalue weighted by Gasteiger charge is -2.31. The largest absolute Gasteiger partial charge is 0.508 e.